The first-order valence-electron chi connectivity index (χ1n) is 8.94. The van der Waals surface area contributed by atoms with Gasteiger partial charge in [0.1, 0.15) is 0 Å². The van der Waals surface area contributed by atoms with Crippen molar-refractivity contribution < 1.29 is 14.7 Å². The van der Waals surface area contributed by atoms with Crippen molar-refractivity contribution in [1.29, 1.82) is 0 Å². The first kappa shape index (κ1) is 18.0. The van der Waals surface area contributed by atoms with Crippen LogP contribution in [0.5, 0.6) is 0 Å². The first-order chi connectivity index (χ1) is 12.5. The van der Waals surface area contributed by atoms with Crippen molar-refractivity contribution >= 4 is 11.9 Å². The van der Waals surface area contributed by atoms with Gasteiger partial charge in [-0.05, 0) is 32.1 Å². The number of aryl methyl sites for hydroxylation is 1. The van der Waals surface area contributed by atoms with E-state index in [4.69, 9.17) is 5.11 Å². The van der Waals surface area contributed by atoms with Crippen molar-refractivity contribution in [3.8, 4) is 11.4 Å². The van der Waals surface area contributed by atoms with Gasteiger partial charge in [-0.2, -0.15) is 0 Å². The minimum atomic E-state index is -0.783. The van der Waals surface area contributed by atoms with Gasteiger partial charge in [0.2, 0.25) is 0 Å². The zero-order valence-corrected chi connectivity index (χ0v) is 14.9. The molecule has 26 heavy (non-hydrogen) atoms. The van der Waals surface area contributed by atoms with E-state index in [9.17, 15) is 9.59 Å². The fourth-order valence-corrected chi connectivity index (χ4v) is 3.39. The molecule has 1 unspecified atom stereocenters. The molecule has 0 spiro atoms. The molecule has 1 saturated heterocycles. The maximum absolute atomic E-state index is 12.9. The van der Waals surface area contributed by atoms with E-state index in [0.717, 1.165) is 18.4 Å². The zero-order chi connectivity index (χ0) is 18.5. The number of carboxylic acid groups (broad SMARTS) is 1. The number of carboxylic acids is 1. The molecule has 136 valence electrons. The van der Waals surface area contributed by atoms with Gasteiger partial charge in [-0.15, -0.1) is 0 Å². The van der Waals surface area contributed by atoms with Crippen molar-refractivity contribution in [1.82, 2.24) is 14.9 Å². The van der Waals surface area contributed by atoms with Crippen molar-refractivity contribution in [2.75, 3.05) is 13.1 Å². The smallest absolute Gasteiger partial charge is 0.303 e. The summed E-state index contributed by atoms with van der Waals surface area (Å²) in [5.41, 5.74) is 2.10. The predicted octanol–water partition coefficient (Wildman–Crippen LogP) is 3.17. The van der Waals surface area contributed by atoms with Crippen LogP contribution in [0.25, 0.3) is 11.4 Å². The molecule has 1 atom stereocenters. The second kappa shape index (κ2) is 8.08. The summed E-state index contributed by atoms with van der Waals surface area (Å²) < 4.78 is 0. The minimum absolute atomic E-state index is 0.0675. The summed E-state index contributed by atoms with van der Waals surface area (Å²) in [6.07, 6.45) is 4.24. The normalized spacial score (nSPS) is 17.1. The van der Waals surface area contributed by atoms with Crippen LogP contribution in [0.1, 0.15) is 41.7 Å². The van der Waals surface area contributed by atoms with E-state index in [1.807, 2.05) is 42.2 Å². The number of aliphatic carboxylic acids is 1. The van der Waals surface area contributed by atoms with E-state index < -0.39 is 5.97 Å². The van der Waals surface area contributed by atoms with Crippen molar-refractivity contribution in [2.45, 2.75) is 32.6 Å². The summed E-state index contributed by atoms with van der Waals surface area (Å²) in [6, 6.07) is 9.67. The van der Waals surface area contributed by atoms with Crippen LogP contribution in [0.15, 0.2) is 36.5 Å². The number of nitrogens with zero attached hydrogens (tertiary/aromatic N) is 3. The van der Waals surface area contributed by atoms with Gasteiger partial charge >= 0.3 is 5.97 Å². The van der Waals surface area contributed by atoms with Crippen molar-refractivity contribution in [2.24, 2.45) is 5.92 Å². The second-order valence-corrected chi connectivity index (χ2v) is 6.75. The van der Waals surface area contributed by atoms with Gasteiger partial charge in [0.05, 0.1) is 11.3 Å². The molecule has 0 saturated carbocycles. The third kappa shape index (κ3) is 4.25. The molecule has 1 aliphatic heterocycles. The minimum Gasteiger partial charge on any atom is -0.481 e. The second-order valence-electron chi connectivity index (χ2n) is 6.75. The van der Waals surface area contributed by atoms with Crippen LogP contribution in [0.3, 0.4) is 0 Å². The number of amides is 1. The number of aromatic nitrogens is 2. The molecule has 1 amide bonds. The van der Waals surface area contributed by atoms with E-state index in [-0.39, 0.29) is 18.2 Å². The Labute approximate surface area is 152 Å². The fourth-order valence-electron chi connectivity index (χ4n) is 3.39. The Morgan fingerprint density at radius 2 is 2.04 bits per heavy atom. The summed E-state index contributed by atoms with van der Waals surface area (Å²) in [5, 5.41) is 8.86. The molecule has 6 heteroatoms. The summed E-state index contributed by atoms with van der Waals surface area (Å²) in [5.74, 6) is 0.00239. The molecular formula is C20H23N3O3. The molecule has 1 fully saturated rings. The Morgan fingerprint density at radius 1 is 1.27 bits per heavy atom. The number of benzene rings is 1. The molecule has 1 N–H and O–H groups in total. The number of likely N-dealkylation sites (tertiary alicyclic amines) is 1. The highest BCUT2D eigenvalue weighted by atomic mass is 16.4. The Bertz CT molecular complexity index is 792. The quantitative estimate of drug-likeness (QED) is 0.892. The van der Waals surface area contributed by atoms with E-state index in [1.54, 1.807) is 6.20 Å². The van der Waals surface area contributed by atoms with Gasteiger partial charge < -0.3 is 10.0 Å². The predicted molar refractivity (Wildman–Crippen MR) is 97.7 cm³/mol. The van der Waals surface area contributed by atoms with Gasteiger partial charge in [0.25, 0.3) is 5.91 Å². The molecule has 0 aliphatic carbocycles. The van der Waals surface area contributed by atoms with Crippen LogP contribution in [-0.4, -0.2) is 44.9 Å². The van der Waals surface area contributed by atoms with Gasteiger partial charge in [-0.3, -0.25) is 9.59 Å². The molecule has 1 aromatic heterocycles. The molecular weight excluding hydrogens is 330 g/mol. The lowest BCUT2D eigenvalue weighted by Crippen LogP contribution is -2.40. The number of hydrogen-bond donors (Lipinski definition) is 1. The van der Waals surface area contributed by atoms with Gasteiger partial charge in [-0.25, -0.2) is 9.97 Å². The molecule has 1 aliphatic rings. The monoisotopic (exact) mass is 353 g/mol. The average Bonchev–Trinajstić information content (AvgIpc) is 2.66. The molecule has 3 rings (SSSR count). The molecule has 6 nitrogen and oxygen atoms in total. The topological polar surface area (TPSA) is 83.4 Å². The van der Waals surface area contributed by atoms with Crippen molar-refractivity contribution in [3.63, 3.8) is 0 Å². The summed E-state index contributed by atoms with van der Waals surface area (Å²) in [4.78, 5) is 34.3. The maximum atomic E-state index is 12.9. The zero-order valence-electron chi connectivity index (χ0n) is 14.9. The average molecular weight is 353 g/mol. The van der Waals surface area contributed by atoms with Crippen LogP contribution >= 0.6 is 0 Å². The highest BCUT2D eigenvalue weighted by Gasteiger charge is 2.26. The van der Waals surface area contributed by atoms with E-state index in [1.165, 1.54) is 0 Å². The van der Waals surface area contributed by atoms with Crippen LogP contribution in [0.4, 0.5) is 0 Å². The molecule has 0 radical (unpaired) electrons. The van der Waals surface area contributed by atoms with Gasteiger partial charge in [0, 0.05) is 31.3 Å². The number of hydrogen-bond acceptors (Lipinski definition) is 4. The van der Waals surface area contributed by atoms with E-state index in [0.29, 0.717) is 36.6 Å². The Kier molecular flexibility index (Phi) is 5.61. The van der Waals surface area contributed by atoms with Crippen molar-refractivity contribution in [3.05, 3.63) is 47.8 Å². The third-order valence-electron chi connectivity index (χ3n) is 4.81. The highest BCUT2D eigenvalue weighted by molar-refractivity contribution is 5.95. The van der Waals surface area contributed by atoms with Crippen LogP contribution in [0.2, 0.25) is 0 Å². The Balaban J connectivity index is 1.72. The number of piperidine rings is 1. The lowest BCUT2D eigenvalue weighted by atomic mass is 9.93. The molecule has 0 bridgehead atoms. The first-order valence-corrected chi connectivity index (χ1v) is 8.94. The number of carbonyl (C=O) groups excluding carboxylic acids is 1. The summed E-state index contributed by atoms with van der Waals surface area (Å²) in [7, 11) is 0. The summed E-state index contributed by atoms with van der Waals surface area (Å²) in [6.45, 7) is 3.13. The maximum Gasteiger partial charge on any atom is 0.303 e. The van der Waals surface area contributed by atoms with Crippen LogP contribution < -0.4 is 0 Å². The van der Waals surface area contributed by atoms with Gasteiger partial charge in [0.15, 0.2) is 5.82 Å². The Morgan fingerprint density at radius 3 is 2.73 bits per heavy atom. The SMILES string of the molecule is Cc1nc(-c2ccccc2)ncc1C(=O)N1CCCC(CCC(=O)O)C1. The van der Waals surface area contributed by atoms with Gasteiger partial charge in [-0.1, -0.05) is 30.3 Å². The van der Waals surface area contributed by atoms with Crippen LogP contribution in [-0.2, 0) is 4.79 Å². The lowest BCUT2D eigenvalue weighted by molar-refractivity contribution is -0.137. The number of rotatable bonds is 5. The third-order valence-corrected chi connectivity index (χ3v) is 4.81. The van der Waals surface area contributed by atoms with E-state index in [2.05, 4.69) is 9.97 Å². The molecule has 2 aromatic rings. The molecule has 1 aromatic carbocycles. The largest absolute Gasteiger partial charge is 0.481 e. The summed E-state index contributed by atoms with van der Waals surface area (Å²) >= 11 is 0. The standard InChI is InChI=1S/C20H23N3O3/c1-14-17(12-21-19(22-14)16-7-3-2-4-8-16)20(26)23-11-5-6-15(13-23)9-10-18(24)25/h2-4,7-8,12,15H,5-6,9-11,13H2,1H3,(H,24,25). The number of carbonyl (C=O) groups is 2. The Hall–Kier alpha value is -2.76. The fraction of sp³-hybridized carbons (Fsp3) is 0.400. The lowest BCUT2D eigenvalue weighted by Gasteiger charge is -2.32. The highest BCUT2D eigenvalue weighted by Crippen LogP contribution is 2.23. The molecule has 2 heterocycles. The van der Waals surface area contributed by atoms with Crippen LogP contribution in [0, 0.1) is 12.8 Å². The van der Waals surface area contributed by atoms with E-state index >= 15 is 0 Å².